The Balaban J connectivity index is 1.65. The van der Waals surface area contributed by atoms with E-state index in [1.807, 2.05) is 80.6 Å². The number of nitrogens with zero attached hydrogens (tertiary/aromatic N) is 1. The van der Waals surface area contributed by atoms with E-state index >= 15 is 0 Å². The highest BCUT2D eigenvalue weighted by Crippen LogP contribution is 2.21. The number of ether oxygens (including phenoxy) is 1. The Hall–Kier alpha value is -3.84. The summed E-state index contributed by atoms with van der Waals surface area (Å²) in [4.78, 5) is 12.2. The summed E-state index contributed by atoms with van der Waals surface area (Å²) in [6.07, 6.45) is 1.80. The van der Waals surface area contributed by atoms with E-state index in [2.05, 4.69) is 11.4 Å². The third kappa shape index (κ3) is 5.57. The van der Waals surface area contributed by atoms with Crippen molar-refractivity contribution in [2.45, 2.75) is 13.8 Å². The van der Waals surface area contributed by atoms with Gasteiger partial charge in [0.1, 0.15) is 5.75 Å². The second kappa shape index (κ2) is 9.38. The Labute approximate surface area is 171 Å². The van der Waals surface area contributed by atoms with Crippen LogP contribution in [0.15, 0.2) is 72.8 Å². The van der Waals surface area contributed by atoms with Crippen LogP contribution in [-0.4, -0.2) is 12.5 Å². The minimum absolute atomic E-state index is 0.0934. The number of anilines is 1. The van der Waals surface area contributed by atoms with Crippen molar-refractivity contribution in [1.82, 2.24) is 0 Å². The van der Waals surface area contributed by atoms with Crippen LogP contribution in [0.4, 0.5) is 5.69 Å². The number of benzene rings is 3. The van der Waals surface area contributed by atoms with E-state index in [1.165, 1.54) is 5.56 Å². The Morgan fingerprint density at radius 2 is 1.79 bits per heavy atom. The smallest absolute Gasteiger partial charge is 0.262 e. The molecule has 29 heavy (non-hydrogen) atoms. The van der Waals surface area contributed by atoms with Crippen molar-refractivity contribution in [1.29, 1.82) is 5.26 Å². The van der Waals surface area contributed by atoms with Gasteiger partial charge in [-0.05, 0) is 66.4 Å². The van der Waals surface area contributed by atoms with Gasteiger partial charge in [-0.25, -0.2) is 0 Å². The van der Waals surface area contributed by atoms with E-state index in [0.717, 1.165) is 22.4 Å². The molecular weight excluding hydrogens is 360 g/mol. The number of aryl methyl sites for hydroxylation is 2. The van der Waals surface area contributed by atoms with Crippen LogP contribution in [-0.2, 0) is 4.79 Å². The fraction of sp³-hybridized carbons (Fsp3) is 0.120. The molecule has 1 amide bonds. The largest absolute Gasteiger partial charge is 0.484 e. The highest BCUT2D eigenvalue weighted by molar-refractivity contribution is 5.92. The topological polar surface area (TPSA) is 62.1 Å². The summed E-state index contributed by atoms with van der Waals surface area (Å²) in [6, 6.07) is 24.8. The third-order valence-electron chi connectivity index (χ3n) is 4.53. The highest BCUT2D eigenvalue weighted by Gasteiger charge is 2.06. The standard InChI is InChI=1S/C25H22N2O2/c1-18-11-12-23(13-19(18)2)27-25(28)17-29-24-10-6-7-20(15-24)14-22(16-26)21-8-4-3-5-9-21/h3-15H,17H2,1-2H3,(H,27,28). The number of hydrogen-bond acceptors (Lipinski definition) is 3. The van der Waals surface area contributed by atoms with Crippen LogP contribution in [0.25, 0.3) is 11.6 Å². The molecule has 0 aliphatic heterocycles. The van der Waals surface area contributed by atoms with Gasteiger partial charge in [0.25, 0.3) is 5.91 Å². The van der Waals surface area contributed by atoms with E-state index in [1.54, 1.807) is 12.1 Å². The maximum absolute atomic E-state index is 12.2. The highest BCUT2D eigenvalue weighted by atomic mass is 16.5. The predicted molar refractivity (Wildman–Crippen MR) is 116 cm³/mol. The lowest BCUT2D eigenvalue weighted by Gasteiger charge is -2.09. The SMILES string of the molecule is Cc1ccc(NC(=O)COc2cccc(C=C(C#N)c3ccccc3)c2)cc1C. The Kier molecular flexibility index (Phi) is 6.44. The lowest BCUT2D eigenvalue weighted by molar-refractivity contribution is -0.118. The molecule has 0 spiro atoms. The van der Waals surface area contributed by atoms with Crippen molar-refractivity contribution in [2.75, 3.05) is 11.9 Å². The third-order valence-corrected chi connectivity index (χ3v) is 4.53. The van der Waals surface area contributed by atoms with Crippen LogP contribution in [0.5, 0.6) is 5.75 Å². The summed E-state index contributed by atoms with van der Waals surface area (Å²) >= 11 is 0. The van der Waals surface area contributed by atoms with Crippen LogP contribution in [0, 0.1) is 25.2 Å². The zero-order valence-corrected chi connectivity index (χ0v) is 16.5. The molecule has 0 saturated carbocycles. The van der Waals surface area contributed by atoms with Gasteiger partial charge in [-0.2, -0.15) is 5.26 Å². The van der Waals surface area contributed by atoms with E-state index in [4.69, 9.17) is 4.74 Å². The van der Waals surface area contributed by atoms with Gasteiger partial charge in [0.15, 0.2) is 6.61 Å². The molecule has 0 saturated heterocycles. The molecule has 0 unspecified atom stereocenters. The minimum Gasteiger partial charge on any atom is -0.484 e. The summed E-state index contributed by atoms with van der Waals surface area (Å²) in [5, 5.41) is 12.3. The molecule has 0 atom stereocenters. The van der Waals surface area contributed by atoms with Crippen molar-refractivity contribution in [3.05, 3.63) is 95.1 Å². The number of amides is 1. The fourth-order valence-electron chi connectivity index (χ4n) is 2.82. The quantitative estimate of drug-likeness (QED) is 0.459. The number of hydrogen-bond donors (Lipinski definition) is 1. The molecule has 144 valence electrons. The lowest BCUT2D eigenvalue weighted by atomic mass is 10.0. The van der Waals surface area contributed by atoms with Gasteiger partial charge < -0.3 is 10.1 Å². The summed E-state index contributed by atoms with van der Waals surface area (Å²) in [5.41, 5.74) is 5.30. The number of nitrogens with one attached hydrogen (secondary N) is 1. The van der Waals surface area contributed by atoms with Gasteiger partial charge in [0.2, 0.25) is 0 Å². The van der Waals surface area contributed by atoms with Crippen molar-refractivity contribution in [2.24, 2.45) is 0 Å². The molecule has 0 aromatic heterocycles. The summed E-state index contributed by atoms with van der Waals surface area (Å²) < 4.78 is 5.63. The van der Waals surface area contributed by atoms with Gasteiger partial charge >= 0.3 is 0 Å². The first-order valence-corrected chi connectivity index (χ1v) is 9.32. The molecule has 0 bridgehead atoms. The molecule has 4 heteroatoms. The van der Waals surface area contributed by atoms with Crippen LogP contribution in [0.3, 0.4) is 0 Å². The Bertz CT molecular complexity index is 1080. The first-order valence-electron chi connectivity index (χ1n) is 9.32. The van der Waals surface area contributed by atoms with Crippen molar-refractivity contribution >= 4 is 23.2 Å². The van der Waals surface area contributed by atoms with Gasteiger partial charge in [0.05, 0.1) is 11.6 Å². The van der Waals surface area contributed by atoms with E-state index in [0.29, 0.717) is 11.3 Å². The molecule has 0 aliphatic carbocycles. The van der Waals surface area contributed by atoms with Gasteiger partial charge in [0, 0.05) is 5.69 Å². The number of carbonyl (C=O) groups excluding carboxylic acids is 1. The van der Waals surface area contributed by atoms with E-state index < -0.39 is 0 Å². The first-order chi connectivity index (χ1) is 14.0. The minimum atomic E-state index is -0.226. The maximum atomic E-state index is 12.2. The molecule has 0 radical (unpaired) electrons. The molecule has 1 N–H and O–H groups in total. The average Bonchev–Trinajstić information content (AvgIpc) is 2.74. The van der Waals surface area contributed by atoms with Crippen LogP contribution in [0.1, 0.15) is 22.3 Å². The van der Waals surface area contributed by atoms with E-state index in [-0.39, 0.29) is 12.5 Å². The molecular formula is C25H22N2O2. The lowest BCUT2D eigenvalue weighted by Crippen LogP contribution is -2.20. The molecule has 0 fully saturated rings. The predicted octanol–water partition coefficient (Wildman–Crippen LogP) is 5.39. The van der Waals surface area contributed by atoms with Crippen LogP contribution >= 0.6 is 0 Å². The Morgan fingerprint density at radius 3 is 2.52 bits per heavy atom. The zero-order valence-electron chi connectivity index (χ0n) is 16.5. The number of carbonyl (C=O) groups is 1. The number of allylic oxidation sites excluding steroid dienone is 1. The van der Waals surface area contributed by atoms with Crippen molar-refractivity contribution < 1.29 is 9.53 Å². The summed E-state index contributed by atoms with van der Waals surface area (Å²) in [7, 11) is 0. The molecule has 0 heterocycles. The monoisotopic (exact) mass is 382 g/mol. The summed E-state index contributed by atoms with van der Waals surface area (Å²) in [6.45, 7) is 3.94. The van der Waals surface area contributed by atoms with Gasteiger partial charge in [-0.1, -0.05) is 48.5 Å². The maximum Gasteiger partial charge on any atom is 0.262 e. The van der Waals surface area contributed by atoms with Crippen LogP contribution < -0.4 is 10.1 Å². The Morgan fingerprint density at radius 1 is 1.00 bits per heavy atom. The molecule has 3 aromatic carbocycles. The van der Waals surface area contributed by atoms with Gasteiger partial charge in [-0.3, -0.25) is 4.79 Å². The zero-order chi connectivity index (χ0) is 20.6. The van der Waals surface area contributed by atoms with Crippen LogP contribution in [0.2, 0.25) is 0 Å². The van der Waals surface area contributed by atoms with Crippen molar-refractivity contribution in [3.63, 3.8) is 0 Å². The first kappa shape index (κ1) is 19.9. The summed E-state index contributed by atoms with van der Waals surface area (Å²) in [5.74, 6) is 0.343. The second-order valence-corrected chi connectivity index (χ2v) is 6.74. The molecule has 0 aliphatic rings. The molecule has 3 aromatic rings. The number of nitriles is 1. The van der Waals surface area contributed by atoms with Crippen molar-refractivity contribution in [3.8, 4) is 11.8 Å². The molecule has 3 rings (SSSR count). The molecule has 4 nitrogen and oxygen atoms in total. The average molecular weight is 382 g/mol. The fourth-order valence-corrected chi connectivity index (χ4v) is 2.82. The number of rotatable bonds is 6. The second-order valence-electron chi connectivity index (χ2n) is 6.74. The van der Waals surface area contributed by atoms with Gasteiger partial charge in [-0.15, -0.1) is 0 Å². The normalized spacial score (nSPS) is 10.9. The van der Waals surface area contributed by atoms with E-state index in [9.17, 15) is 10.1 Å².